The third-order valence-electron chi connectivity index (χ3n) is 25.4. The molecule has 3 nitrogen and oxygen atoms in total. The van der Waals surface area contributed by atoms with E-state index >= 15 is 0 Å². The predicted octanol–water partition coefficient (Wildman–Crippen LogP) is 21.8. The van der Waals surface area contributed by atoms with Crippen LogP contribution < -0.4 is 67.7 Å². The Hall–Kier alpha value is -12.6. The second-order valence-corrected chi connectivity index (χ2v) is 44.5. The zero-order valence-corrected chi connectivity index (χ0v) is 71.9. The molecule has 0 bridgehead atoms. The topological polar surface area (TPSA) is 11.4 Å². The zero-order valence-electron chi connectivity index (χ0n) is 69.9. The zero-order chi connectivity index (χ0) is 81.0. The van der Waals surface area contributed by atoms with Gasteiger partial charge < -0.3 is 14.4 Å². The maximum absolute atomic E-state index is 3.31. The van der Waals surface area contributed by atoms with Crippen LogP contribution in [0.2, 0.25) is 0 Å². The monoisotopic (exact) mass is 1550 g/mol. The SMILES string of the molecule is CC(C)(C)c1cc(-c2ccc(N3c4ccc(-c5cc(C(C)(C)C)cc(C(C)(C)C)c5)cc4B4c5ccc([Si](c6ccccc6)(c6ccccc6)c6ccccc6)cc5N(c5cc(-c6ccccc6)cc([Si](c6ccccc6)(c6ccccc6)c6ccccc6)c5)c5cc(-n6c7ccccc7c7ccccc76)cc3c54)cc2)cc(C(C)(C)C)c1. The van der Waals surface area contributed by atoms with Crippen molar-refractivity contribution in [3.8, 4) is 39.1 Å². The van der Waals surface area contributed by atoms with E-state index in [1.54, 1.807) is 0 Å². The minimum Gasteiger partial charge on any atom is -0.311 e. The Morgan fingerprint density at radius 3 is 0.992 bits per heavy atom. The first-order chi connectivity index (χ1) is 57.0. The number of hydrogen-bond acceptors (Lipinski definition) is 2. The van der Waals surface area contributed by atoms with Gasteiger partial charge in [0.15, 0.2) is 16.1 Å². The summed E-state index contributed by atoms with van der Waals surface area (Å²) in [4.78, 5) is 5.41. The molecule has 0 saturated heterocycles. The maximum atomic E-state index is 2.76. The molecule has 0 amide bonds. The fourth-order valence-corrected chi connectivity index (χ4v) is 28.9. The average molecular weight is 1560 g/mol. The first-order valence-electron chi connectivity index (χ1n) is 42.1. The van der Waals surface area contributed by atoms with Crippen LogP contribution in [-0.2, 0) is 21.7 Å². The molecular formula is C112H100BN3Si2. The third-order valence-corrected chi connectivity index (χ3v) is 34.9. The molecule has 0 aliphatic carbocycles. The minimum absolute atomic E-state index is 0.0578. The van der Waals surface area contributed by atoms with Crippen molar-refractivity contribution in [3.05, 3.63) is 411 Å². The minimum atomic E-state index is -3.31. The summed E-state index contributed by atoms with van der Waals surface area (Å²) >= 11 is 0. The Morgan fingerprint density at radius 1 is 0.212 bits per heavy atom. The van der Waals surface area contributed by atoms with Crippen molar-refractivity contribution >= 4 is 137 Å². The predicted molar refractivity (Wildman–Crippen MR) is 513 cm³/mol. The number of anilines is 6. The first kappa shape index (κ1) is 75.5. The molecule has 0 spiro atoms. The molecule has 574 valence electrons. The fourth-order valence-electron chi connectivity index (χ4n) is 19.3. The van der Waals surface area contributed by atoms with Crippen LogP contribution in [0.15, 0.2) is 388 Å². The van der Waals surface area contributed by atoms with Crippen LogP contribution in [0, 0.1) is 0 Å². The van der Waals surface area contributed by atoms with Gasteiger partial charge in [0.2, 0.25) is 0 Å². The van der Waals surface area contributed by atoms with E-state index in [0.717, 1.165) is 62.0 Å². The Kier molecular flexibility index (Phi) is 18.7. The van der Waals surface area contributed by atoms with Crippen molar-refractivity contribution in [1.29, 1.82) is 0 Å². The molecule has 6 heteroatoms. The second kappa shape index (κ2) is 29.2. The number of hydrogen-bond donors (Lipinski definition) is 0. The molecule has 0 N–H and O–H groups in total. The van der Waals surface area contributed by atoms with Crippen molar-refractivity contribution < 1.29 is 0 Å². The van der Waals surface area contributed by atoms with E-state index in [9.17, 15) is 0 Å². The summed E-state index contributed by atoms with van der Waals surface area (Å²) in [6.45, 7) is 27.9. The summed E-state index contributed by atoms with van der Waals surface area (Å²) in [5, 5.41) is 12.9. The molecule has 17 aromatic rings. The normalized spacial score (nSPS) is 13.0. The molecular weight excluding hydrogens is 1450 g/mol. The molecule has 19 rings (SSSR count). The number of rotatable bonds is 14. The highest BCUT2D eigenvalue weighted by Gasteiger charge is 2.49. The largest absolute Gasteiger partial charge is 0.311 e. The van der Waals surface area contributed by atoms with Gasteiger partial charge in [0.25, 0.3) is 6.71 Å². The van der Waals surface area contributed by atoms with Gasteiger partial charge in [-0.25, -0.2) is 0 Å². The highest BCUT2D eigenvalue weighted by Crippen LogP contribution is 2.49. The maximum Gasteiger partial charge on any atom is 0.252 e. The Labute approximate surface area is 700 Å². The molecule has 2 aliphatic rings. The Bertz CT molecular complexity index is 6320. The summed E-state index contributed by atoms with van der Waals surface area (Å²) in [6.07, 6.45) is 0. The molecule has 0 saturated carbocycles. The van der Waals surface area contributed by atoms with E-state index in [1.807, 2.05) is 0 Å². The van der Waals surface area contributed by atoms with Gasteiger partial charge in [-0.3, -0.25) is 0 Å². The molecule has 0 atom stereocenters. The summed E-state index contributed by atoms with van der Waals surface area (Å²) in [6, 6.07) is 151. The van der Waals surface area contributed by atoms with E-state index in [4.69, 9.17) is 0 Å². The highest BCUT2D eigenvalue weighted by molar-refractivity contribution is 7.20. The van der Waals surface area contributed by atoms with E-state index < -0.39 is 16.1 Å². The van der Waals surface area contributed by atoms with E-state index in [0.29, 0.717) is 0 Å². The lowest BCUT2D eigenvalue weighted by atomic mass is 9.33. The van der Waals surface area contributed by atoms with Crippen LogP contribution >= 0.6 is 0 Å². The molecule has 0 unspecified atom stereocenters. The van der Waals surface area contributed by atoms with Gasteiger partial charge >= 0.3 is 0 Å². The second-order valence-electron chi connectivity index (χ2n) is 36.9. The standard InChI is InChI=1S/C112H100BN3Si2/c1-109(2,3)83-64-80(65-84(71-83)110(4,5)6)78-56-59-87(60-57-78)114-104-63-58-79(81-66-85(111(7,8)9)72-86(67-81)112(10,11)12)70-101(104)113-100-62-61-96(117(90-40-22-14-23-41-90,91-42-24-15-25-43-91)92-44-26-16-27-45-92)76-105(100)116(107-75-89(74-106(114)108(107)113)115-102-54-36-34-52-98(102)99-53-35-37-55-103(99)115)88-68-82(77-38-20-13-21-39-77)69-97(73-88)118(93-46-28-17-29-47-93,94-48-30-18-31-49-94)95-50-32-19-33-51-95/h13-76H,1-12H3. The average Bonchev–Trinajstić information content (AvgIpc) is 0.878. The summed E-state index contributed by atoms with van der Waals surface area (Å²) in [7, 11) is -6.58. The van der Waals surface area contributed by atoms with Crippen LogP contribution in [0.5, 0.6) is 0 Å². The van der Waals surface area contributed by atoms with Crippen molar-refractivity contribution in [1.82, 2.24) is 4.57 Å². The smallest absolute Gasteiger partial charge is 0.252 e. The number of fused-ring (bicyclic) bond motifs is 7. The molecule has 0 radical (unpaired) electrons. The van der Waals surface area contributed by atoms with Crippen molar-refractivity contribution in [2.75, 3.05) is 9.80 Å². The van der Waals surface area contributed by atoms with Crippen LogP contribution in [0.1, 0.15) is 105 Å². The lowest BCUT2D eigenvalue weighted by Crippen LogP contribution is -2.75. The molecule has 16 aromatic carbocycles. The van der Waals surface area contributed by atoms with E-state index in [-0.39, 0.29) is 28.4 Å². The Morgan fingerprint density at radius 2 is 0.568 bits per heavy atom. The van der Waals surface area contributed by atoms with Crippen LogP contribution in [0.25, 0.3) is 60.9 Å². The number of para-hydroxylation sites is 2. The fraction of sp³-hybridized carbons (Fsp3) is 0.143. The molecule has 2 aliphatic heterocycles. The van der Waals surface area contributed by atoms with Crippen LogP contribution in [0.3, 0.4) is 0 Å². The Balaban J connectivity index is 0.992. The van der Waals surface area contributed by atoms with Gasteiger partial charge in [-0.2, -0.15) is 0 Å². The summed E-state index contributed by atoms with van der Waals surface area (Å²) in [5.74, 6) is 0. The first-order valence-corrected chi connectivity index (χ1v) is 46.1. The molecule has 0 fully saturated rings. The molecule has 1 aromatic heterocycles. The number of nitrogens with zero attached hydrogens (tertiary/aromatic N) is 3. The van der Waals surface area contributed by atoms with Gasteiger partial charge in [-0.15, -0.1) is 0 Å². The lowest BCUT2D eigenvalue weighted by Gasteiger charge is -2.45. The van der Waals surface area contributed by atoms with E-state index in [2.05, 4.69) is 486 Å². The molecule has 118 heavy (non-hydrogen) atoms. The van der Waals surface area contributed by atoms with E-state index in [1.165, 1.54) is 113 Å². The molecule has 3 heterocycles. The van der Waals surface area contributed by atoms with Crippen LogP contribution in [-0.4, -0.2) is 27.4 Å². The quantitative estimate of drug-likeness (QED) is 0.0794. The number of aromatic nitrogens is 1. The van der Waals surface area contributed by atoms with Gasteiger partial charge in [0, 0.05) is 44.9 Å². The number of benzene rings is 16. The summed E-state index contributed by atoms with van der Waals surface area (Å²) in [5.41, 5.74) is 25.9. The van der Waals surface area contributed by atoms with Gasteiger partial charge in [0.1, 0.15) is 0 Å². The summed E-state index contributed by atoms with van der Waals surface area (Å²) < 4.78 is 2.56. The van der Waals surface area contributed by atoms with Gasteiger partial charge in [0.05, 0.1) is 16.7 Å². The van der Waals surface area contributed by atoms with Crippen molar-refractivity contribution in [3.63, 3.8) is 0 Å². The van der Waals surface area contributed by atoms with Gasteiger partial charge in [-0.1, -0.05) is 411 Å². The van der Waals surface area contributed by atoms with Crippen molar-refractivity contribution in [2.24, 2.45) is 0 Å². The van der Waals surface area contributed by atoms with Crippen molar-refractivity contribution in [2.45, 2.75) is 105 Å². The third kappa shape index (κ3) is 13.0. The van der Waals surface area contributed by atoms with Gasteiger partial charge in [-0.05, 0) is 196 Å². The lowest BCUT2D eigenvalue weighted by molar-refractivity contribution is 0.568. The highest BCUT2D eigenvalue weighted by atomic mass is 28.3. The van der Waals surface area contributed by atoms with Crippen LogP contribution in [0.4, 0.5) is 34.1 Å².